The van der Waals surface area contributed by atoms with Crippen LogP contribution < -0.4 is 0 Å². The van der Waals surface area contributed by atoms with Gasteiger partial charge in [-0.05, 0) is 89.9 Å². The van der Waals surface area contributed by atoms with Crippen molar-refractivity contribution in [2.75, 3.05) is 13.2 Å². The molecule has 0 aromatic rings. The van der Waals surface area contributed by atoms with E-state index in [1.54, 1.807) is 0 Å². The Morgan fingerprint density at radius 2 is 0.479 bits per heavy atom. The fraction of sp³-hybridized carbons (Fsp3) is 0.866. The van der Waals surface area contributed by atoms with Crippen molar-refractivity contribution in [3.05, 3.63) is 36.5 Å². The predicted octanol–water partition coefficient (Wildman–Crippen LogP) is 22.0. The second-order valence-corrected chi connectivity index (χ2v) is 22.0. The number of hydrogen-bond acceptors (Lipinski definition) is 6. The average Bonchev–Trinajstić information content (AvgIpc) is 3.39. The summed E-state index contributed by atoms with van der Waals surface area (Å²) in [5.41, 5.74) is 0. The van der Waals surface area contributed by atoms with Gasteiger partial charge in [-0.1, -0.05) is 282 Å². The number of rotatable bonds is 60. The minimum absolute atomic E-state index is 0.0745. The molecule has 1 unspecified atom stereocenters. The molecule has 0 aliphatic heterocycles. The molecular weight excluding hydrogens is 901 g/mol. The summed E-state index contributed by atoms with van der Waals surface area (Å²) < 4.78 is 16.9. The maximum Gasteiger partial charge on any atom is 0.306 e. The molecule has 0 aliphatic rings. The second-order valence-electron chi connectivity index (χ2n) is 22.0. The number of unbranched alkanes of at least 4 members (excludes halogenated alkanes) is 43. The number of carbonyl (C=O) groups is 3. The summed E-state index contributed by atoms with van der Waals surface area (Å²) in [7, 11) is 0. The molecule has 6 nitrogen and oxygen atoms in total. The third kappa shape index (κ3) is 60.4. The van der Waals surface area contributed by atoms with Crippen LogP contribution in [0.15, 0.2) is 36.5 Å². The van der Waals surface area contributed by atoms with E-state index in [0.29, 0.717) is 19.3 Å². The summed E-state index contributed by atoms with van der Waals surface area (Å²) in [6.45, 7) is 6.60. The second kappa shape index (κ2) is 62.2. The van der Waals surface area contributed by atoms with Gasteiger partial charge in [-0.15, -0.1) is 0 Å². The zero-order chi connectivity index (χ0) is 52.9. The molecule has 0 heterocycles. The number of ether oxygens (including phenoxy) is 3. The molecule has 0 aromatic carbocycles. The lowest BCUT2D eigenvalue weighted by molar-refractivity contribution is -0.167. The smallest absolute Gasteiger partial charge is 0.306 e. The highest BCUT2D eigenvalue weighted by Gasteiger charge is 2.19. The Morgan fingerprint density at radius 1 is 0.260 bits per heavy atom. The van der Waals surface area contributed by atoms with E-state index in [-0.39, 0.29) is 31.1 Å². The van der Waals surface area contributed by atoms with Crippen LogP contribution in [0, 0.1) is 0 Å². The Hall–Kier alpha value is -2.37. The highest BCUT2D eigenvalue weighted by atomic mass is 16.6. The first-order chi connectivity index (χ1) is 36.0. The SMILES string of the molecule is CCC/C=C\CCCCCCCC(=O)OCC(COC(=O)CCCCCCCCCCCCCCCCCCCCC/C=C\CCCCCCCCCC)OC(=O)CCCCCCC/C=C\CCCCCCC. The molecule has 0 N–H and O–H groups in total. The Kier molecular flexibility index (Phi) is 60.2. The van der Waals surface area contributed by atoms with Crippen molar-refractivity contribution < 1.29 is 28.6 Å². The van der Waals surface area contributed by atoms with Crippen molar-refractivity contribution in [1.82, 2.24) is 0 Å². The van der Waals surface area contributed by atoms with Gasteiger partial charge in [-0.3, -0.25) is 14.4 Å². The molecule has 6 heteroatoms. The Bertz CT molecular complexity index is 1220. The van der Waals surface area contributed by atoms with Gasteiger partial charge in [0.05, 0.1) is 0 Å². The zero-order valence-corrected chi connectivity index (χ0v) is 49.2. The molecule has 73 heavy (non-hydrogen) atoms. The lowest BCUT2D eigenvalue weighted by Gasteiger charge is -2.18. The molecule has 0 fully saturated rings. The highest BCUT2D eigenvalue weighted by Crippen LogP contribution is 2.17. The molecule has 0 radical (unpaired) electrons. The zero-order valence-electron chi connectivity index (χ0n) is 49.2. The molecule has 0 amide bonds. The van der Waals surface area contributed by atoms with E-state index in [4.69, 9.17) is 14.2 Å². The molecule has 428 valence electrons. The molecule has 0 rings (SSSR count). The third-order valence-corrected chi connectivity index (χ3v) is 14.6. The van der Waals surface area contributed by atoms with Gasteiger partial charge in [0.25, 0.3) is 0 Å². The van der Waals surface area contributed by atoms with Crippen LogP contribution in [-0.4, -0.2) is 37.2 Å². The van der Waals surface area contributed by atoms with Crippen LogP contribution in [0.2, 0.25) is 0 Å². The summed E-state index contributed by atoms with van der Waals surface area (Å²) in [5.74, 6) is -0.876. The monoisotopic (exact) mass is 1020 g/mol. The van der Waals surface area contributed by atoms with Gasteiger partial charge >= 0.3 is 17.9 Å². The van der Waals surface area contributed by atoms with Crippen molar-refractivity contribution >= 4 is 17.9 Å². The Morgan fingerprint density at radius 3 is 0.740 bits per heavy atom. The van der Waals surface area contributed by atoms with Crippen molar-refractivity contribution in [2.45, 2.75) is 361 Å². The van der Waals surface area contributed by atoms with E-state index < -0.39 is 6.10 Å². The first-order valence-corrected chi connectivity index (χ1v) is 32.5. The van der Waals surface area contributed by atoms with Crippen molar-refractivity contribution in [3.63, 3.8) is 0 Å². The third-order valence-electron chi connectivity index (χ3n) is 14.6. The molecule has 0 bridgehead atoms. The van der Waals surface area contributed by atoms with E-state index >= 15 is 0 Å². The van der Waals surface area contributed by atoms with Gasteiger partial charge in [-0.2, -0.15) is 0 Å². The van der Waals surface area contributed by atoms with Crippen molar-refractivity contribution in [1.29, 1.82) is 0 Å². The van der Waals surface area contributed by atoms with E-state index in [0.717, 1.165) is 77.0 Å². The summed E-state index contributed by atoms with van der Waals surface area (Å²) in [6, 6.07) is 0. The summed E-state index contributed by atoms with van der Waals surface area (Å²) in [5, 5.41) is 0. The summed E-state index contributed by atoms with van der Waals surface area (Å²) in [4.78, 5) is 38.1. The van der Waals surface area contributed by atoms with Gasteiger partial charge in [0.1, 0.15) is 13.2 Å². The molecule has 0 saturated carbocycles. The molecule has 0 aromatic heterocycles. The standard InChI is InChI=1S/C67H124O6/c1-4-7-10-13-16-19-22-24-26-27-28-29-30-31-32-33-34-35-36-37-38-39-40-41-42-44-45-48-51-54-57-60-66(69)72-63-64(62-71-65(68)59-56-53-50-47-21-18-15-12-9-6-3)73-67(70)61-58-55-52-49-46-43-25-23-20-17-14-11-8-5-2/h12,15,23,25,27-28,64H,4-11,13-14,16-22,24,26,29-63H2,1-3H3/b15-12-,25-23-,28-27-. The highest BCUT2D eigenvalue weighted by molar-refractivity contribution is 5.71. The first kappa shape index (κ1) is 70.6. The maximum absolute atomic E-state index is 12.8. The summed E-state index contributed by atoms with van der Waals surface area (Å²) in [6.07, 6.45) is 76.1. The van der Waals surface area contributed by atoms with E-state index in [1.807, 2.05) is 0 Å². The van der Waals surface area contributed by atoms with Crippen LogP contribution in [0.5, 0.6) is 0 Å². The summed E-state index contributed by atoms with van der Waals surface area (Å²) >= 11 is 0. The molecule has 0 spiro atoms. The van der Waals surface area contributed by atoms with Gasteiger partial charge < -0.3 is 14.2 Å². The van der Waals surface area contributed by atoms with Gasteiger partial charge in [0.15, 0.2) is 6.10 Å². The molecular formula is C67H124O6. The van der Waals surface area contributed by atoms with Crippen LogP contribution in [0.25, 0.3) is 0 Å². The number of carbonyl (C=O) groups excluding carboxylic acids is 3. The molecule has 0 saturated heterocycles. The normalized spacial score (nSPS) is 12.2. The van der Waals surface area contributed by atoms with Crippen molar-refractivity contribution in [2.24, 2.45) is 0 Å². The first-order valence-electron chi connectivity index (χ1n) is 32.5. The van der Waals surface area contributed by atoms with Crippen LogP contribution in [0.4, 0.5) is 0 Å². The lowest BCUT2D eigenvalue weighted by Crippen LogP contribution is -2.30. The van der Waals surface area contributed by atoms with E-state index in [1.165, 1.54) is 238 Å². The van der Waals surface area contributed by atoms with Crippen LogP contribution in [0.3, 0.4) is 0 Å². The average molecular weight is 1030 g/mol. The quantitative estimate of drug-likeness (QED) is 0.0261. The number of hydrogen-bond donors (Lipinski definition) is 0. The minimum Gasteiger partial charge on any atom is -0.462 e. The van der Waals surface area contributed by atoms with Gasteiger partial charge in [0, 0.05) is 19.3 Å². The maximum atomic E-state index is 12.8. The van der Waals surface area contributed by atoms with E-state index in [9.17, 15) is 14.4 Å². The number of esters is 3. The fourth-order valence-corrected chi connectivity index (χ4v) is 9.67. The minimum atomic E-state index is -0.777. The van der Waals surface area contributed by atoms with Gasteiger partial charge in [-0.25, -0.2) is 0 Å². The van der Waals surface area contributed by atoms with Crippen molar-refractivity contribution in [3.8, 4) is 0 Å². The van der Waals surface area contributed by atoms with Gasteiger partial charge in [0.2, 0.25) is 0 Å². The predicted molar refractivity (Wildman–Crippen MR) is 316 cm³/mol. The Labute approximate surface area is 455 Å². The lowest BCUT2D eigenvalue weighted by atomic mass is 10.0. The topological polar surface area (TPSA) is 78.9 Å². The number of allylic oxidation sites excluding steroid dienone is 6. The largest absolute Gasteiger partial charge is 0.462 e. The molecule has 0 aliphatic carbocycles. The van der Waals surface area contributed by atoms with Crippen LogP contribution >= 0.6 is 0 Å². The van der Waals surface area contributed by atoms with Crippen LogP contribution in [0.1, 0.15) is 355 Å². The fourth-order valence-electron chi connectivity index (χ4n) is 9.67. The van der Waals surface area contributed by atoms with E-state index in [2.05, 4.69) is 57.2 Å². The van der Waals surface area contributed by atoms with Crippen LogP contribution in [-0.2, 0) is 28.6 Å². The molecule has 1 atom stereocenters. The Balaban J connectivity index is 4.05.